The molecule has 0 radical (unpaired) electrons. The zero-order valence-corrected chi connectivity index (χ0v) is 19.4. The summed E-state index contributed by atoms with van der Waals surface area (Å²) in [5.74, 6) is 1.30. The first-order valence-corrected chi connectivity index (χ1v) is 12.1. The lowest BCUT2D eigenvalue weighted by atomic mass is 10.2. The quantitative estimate of drug-likeness (QED) is 0.449. The highest BCUT2D eigenvalue weighted by atomic mass is 32.2. The Labute approximate surface area is 199 Å². The molecule has 6 nitrogen and oxygen atoms in total. The number of amides is 1. The number of rotatable bonds is 2. The number of fused-ring (bicyclic) bond motifs is 2. The van der Waals surface area contributed by atoms with Crippen molar-refractivity contribution in [2.75, 3.05) is 30.1 Å². The lowest BCUT2D eigenvalue weighted by Crippen LogP contribution is -2.29. The summed E-state index contributed by atoms with van der Waals surface area (Å²) in [6, 6.07) is 23.4. The first kappa shape index (κ1) is 20.3. The van der Waals surface area contributed by atoms with Crippen LogP contribution in [0.1, 0.15) is 0 Å². The molecule has 3 aromatic rings. The van der Waals surface area contributed by atoms with E-state index in [1.165, 1.54) is 11.8 Å². The number of carbonyl (C=O) groups is 1. The van der Waals surface area contributed by atoms with E-state index in [-0.39, 0.29) is 5.91 Å². The molecule has 0 atom stereocenters. The van der Waals surface area contributed by atoms with Gasteiger partial charge < -0.3 is 14.4 Å². The van der Waals surface area contributed by atoms with Crippen LogP contribution in [0.5, 0.6) is 11.5 Å². The molecule has 0 aromatic heterocycles. The van der Waals surface area contributed by atoms with Crippen molar-refractivity contribution in [1.82, 2.24) is 0 Å². The van der Waals surface area contributed by atoms with Crippen LogP contribution in [0.4, 0.5) is 17.1 Å². The van der Waals surface area contributed by atoms with Crippen LogP contribution >= 0.6 is 23.5 Å². The third-order valence-corrected chi connectivity index (χ3v) is 7.87. The number of hydrogen-bond acceptors (Lipinski definition) is 7. The molecular formula is C25H19N3O3S2. The highest BCUT2D eigenvalue weighted by Crippen LogP contribution is 2.50. The highest BCUT2D eigenvalue weighted by Gasteiger charge is 2.40. The molecular weight excluding hydrogens is 454 g/mol. The SMILES string of the molecule is CN1/C(=C2/SC(=Nc3ccc4c(c3)OCCO4)N(c3ccccc3)C2=O)Sc2ccccc21. The van der Waals surface area contributed by atoms with E-state index in [1.54, 1.807) is 16.7 Å². The number of aliphatic imine (C=N–C) groups is 1. The van der Waals surface area contributed by atoms with Gasteiger partial charge in [0.15, 0.2) is 16.7 Å². The van der Waals surface area contributed by atoms with Crippen LogP contribution in [-0.2, 0) is 4.79 Å². The van der Waals surface area contributed by atoms with Crippen LogP contribution < -0.4 is 19.3 Å². The van der Waals surface area contributed by atoms with Crippen LogP contribution in [0.3, 0.4) is 0 Å². The summed E-state index contributed by atoms with van der Waals surface area (Å²) in [4.78, 5) is 24.1. The standard InChI is InChI=1S/C25H19N3O3S2/c1-27-18-9-5-6-10-21(18)32-24(27)22-23(29)28(17-7-3-2-4-8-17)25(33-22)26-16-11-12-19-20(15-16)31-14-13-30-19/h2-12,15H,13-14H2,1H3/b24-22-,26-25?. The third-order valence-electron chi connectivity index (χ3n) is 5.48. The van der Waals surface area contributed by atoms with Crippen molar-refractivity contribution in [3.63, 3.8) is 0 Å². The summed E-state index contributed by atoms with van der Waals surface area (Å²) in [5, 5.41) is 1.52. The minimum atomic E-state index is -0.0790. The van der Waals surface area contributed by atoms with Crippen molar-refractivity contribution in [1.29, 1.82) is 0 Å². The number of amidine groups is 1. The second-order valence-electron chi connectivity index (χ2n) is 7.56. The van der Waals surface area contributed by atoms with Crippen molar-refractivity contribution in [3.8, 4) is 11.5 Å². The molecule has 0 unspecified atom stereocenters. The fourth-order valence-electron chi connectivity index (χ4n) is 3.89. The molecule has 0 saturated carbocycles. The Morgan fingerprint density at radius 3 is 2.45 bits per heavy atom. The Hall–Kier alpha value is -3.36. The number of ether oxygens (including phenoxy) is 2. The summed E-state index contributed by atoms with van der Waals surface area (Å²) in [6.07, 6.45) is 0. The molecule has 0 bridgehead atoms. The van der Waals surface area contributed by atoms with Gasteiger partial charge in [0.1, 0.15) is 18.1 Å². The number of carbonyl (C=O) groups excluding carboxylic acids is 1. The van der Waals surface area contributed by atoms with Crippen LogP contribution in [0.15, 0.2) is 92.6 Å². The topological polar surface area (TPSA) is 54.4 Å². The van der Waals surface area contributed by atoms with Gasteiger partial charge in [0.2, 0.25) is 0 Å². The van der Waals surface area contributed by atoms with E-state index >= 15 is 0 Å². The lowest BCUT2D eigenvalue weighted by molar-refractivity contribution is -0.113. The zero-order valence-electron chi connectivity index (χ0n) is 17.7. The molecule has 8 heteroatoms. The maximum atomic E-state index is 13.7. The van der Waals surface area contributed by atoms with E-state index in [4.69, 9.17) is 14.5 Å². The summed E-state index contributed by atoms with van der Waals surface area (Å²) < 4.78 is 11.3. The number of thioether (sulfide) groups is 2. The first-order valence-electron chi connectivity index (χ1n) is 10.5. The highest BCUT2D eigenvalue weighted by molar-refractivity contribution is 8.20. The predicted octanol–water partition coefficient (Wildman–Crippen LogP) is 5.64. The van der Waals surface area contributed by atoms with Gasteiger partial charge in [-0.3, -0.25) is 9.69 Å². The minimum absolute atomic E-state index is 0.0790. The first-order chi connectivity index (χ1) is 16.2. The number of para-hydroxylation sites is 2. The maximum Gasteiger partial charge on any atom is 0.274 e. The number of nitrogens with zero attached hydrogens (tertiary/aromatic N) is 3. The van der Waals surface area contributed by atoms with Crippen molar-refractivity contribution >= 4 is 51.7 Å². The molecule has 164 valence electrons. The Morgan fingerprint density at radius 2 is 1.64 bits per heavy atom. The van der Waals surface area contributed by atoms with Crippen molar-refractivity contribution < 1.29 is 14.3 Å². The van der Waals surface area contributed by atoms with Crippen LogP contribution in [0.2, 0.25) is 0 Å². The van der Waals surface area contributed by atoms with Crippen LogP contribution in [-0.4, -0.2) is 31.3 Å². The van der Waals surface area contributed by atoms with E-state index in [0.29, 0.717) is 40.5 Å². The van der Waals surface area contributed by atoms with Gasteiger partial charge in [-0.25, -0.2) is 4.99 Å². The van der Waals surface area contributed by atoms with Gasteiger partial charge in [0.05, 0.1) is 22.1 Å². The molecule has 6 rings (SSSR count). The Balaban J connectivity index is 1.44. The van der Waals surface area contributed by atoms with Gasteiger partial charge >= 0.3 is 0 Å². The molecule has 33 heavy (non-hydrogen) atoms. The fraction of sp³-hybridized carbons (Fsp3) is 0.120. The molecule has 1 amide bonds. The van der Waals surface area contributed by atoms with E-state index in [2.05, 4.69) is 17.0 Å². The normalized spacial score (nSPS) is 20.5. The van der Waals surface area contributed by atoms with Gasteiger partial charge in [-0.05, 0) is 48.2 Å². The van der Waals surface area contributed by atoms with E-state index < -0.39 is 0 Å². The van der Waals surface area contributed by atoms with E-state index in [0.717, 1.165) is 21.3 Å². The van der Waals surface area contributed by atoms with Crippen molar-refractivity contribution in [3.05, 3.63) is 82.7 Å². The Bertz CT molecular complexity index is 1320. The van der Waals surface area contributed by atoms with Gasteiger partial charge in [-0.15, -0.1) is 0 Å². The lowest BCUT2D eigenvalue weighted by Gasteiger charge is -2.19. The zero-order chi connectivity index (χ0) is 22.4. The predicted molar refractivity (Wildman–Crippen MR) is 134 cm³/mol. The number of benzene rings is 3. The Kier molecular flexibility index (Phi) is 5.04. The van der Waals surface area contributed by atoms with E-state index in [9.17, 15) is 4.79 Å². The second kappa shape index (κ2) is 8.20. The molecule has 3 aliphatic heterocycles. The molecule has 3 heterocycles. The van der Waals surface area contributed by atoms with Crippen LogP contribution in [0.25, 0.3) is 0 Å². The molecule has 0 aliphatic carbocycles. The van der Waals surface area contributed by atoms with Gasteiger partial charge in [-0.2, -0.15) is 0 Å². The smallest absolute Gasteiger partial charge is 0.274 e. The molecule has 1 fully saturated rings. The monoisotopic (exact) mass is 473 g/mol. The summed E-state index contributed by atoms with van der Waals surface area (Å²) in [6.45, 7) is 1.05. The third kappa shape index (κ3) is 3.55. The van der Waals surface area contributed by atoms with Gasteiger partial charge in [-0.1, -0.05) is 42.1 Å². The molecule has 1 saturated heterocycles. The van der Waals surface area contributed by atoms with Gasteiger partial charge in [0.25, 0.3) is 5.91 Å². The molecule has 3 aromatic carbocycles. The minimum Gasteiger partial charge on any atom is -0.486 e. The second-order valence-corrected chi connectivity index (χ2v) is 9.57. The van der Waals surface area contributed by atoms with E-state index in [1.807, 2.05) is 67.7 Å². The maximum absolute atomic E-state index is 13.7. The Morgan fingerprint density at radius 1 is 0.879 bits per heavy atom. The summed E-state index contributed by atoms with van der Waals surface area (Å²) in [7, 11) is 2.00. The summed E-state index contributed by atoms with van der Waals surface area (Å²) >= 11 is 3.01. The molecule has 0 N–H and O–H groups in total. The molecule has 0 spiro atoms. The molecule has 3 aliphatic rings. The average Bonchev–Trinajstić information content (AvgIpc) is 3.35. The van der Waals surface area contributed by atoms with Crippen molar-refractivity contribution in [2.45, 2.75) is 4.90 Å². The summed E-state index contributed by atoms with van der Waals surface area (Å²) in [5.41, 5.74) is 2.59. The average molecular weight is 474 g/mol. The largest absolute Gasteiger partial charge is 0.486 e. The van der Waals surface area contributed by atoms with Crippen molar-refractivity contribution in [2.24, 2.45) is 4.99 Å². The number of hydrogen-bond donors (Lipinski definition) is 0. The fourth-order valence-corrected chi connectivity index (χ4v) is 6.24. The number of anilines is 2. The van der Waals surface area contributed by atoms with Gasteiger partial charge in [0, 0.05) is 18.0 Å². The van der Waals surface area contributed by atoms with Crippen LogP contribution in [0, 0.1) is 0 Å².